The molecule has 16 heavy (non-hydrogen) atoms. The van der Waals surface area contributed by atoms with Crippen LogP contribution in [0.15, 0.2) is 18.3 Å². The van der Waals surface area contributed by atoms with E-state index in [1.165, 1.54) is 0 Å². The summed E-state index contributed by atoms with van der Waals surface area (Å²) in [5, 5.41) is 0. The van der Waals surface area contributed by atoms with E-state index in [0.717, 1.165) is 43.1 Å². The van der Waals surface area contributed by atoms with E-state index >= 15 is 0 Å². The van der Waals surface area contributed by atoms with E-state index in [0.29, 0.717) is 0 Å². The summed E-state index contributed by atoms with van der Waals surface area (Å²) in [7, 11) is 0. The molecule has 86 valence electrons. The van der Waals surface area contributed by atoms with Gasteiger partial charge in [0.15, 0.2) is 0 Å². The molecule has 0 N–H and O–H groups in total. The van der Waals surface area contributed by atoms with Gasteiger partial charge >= 0.3 is 0 Å². The first kappa shape index (κ1) is 11.1. The van der Waals surface area contributed by atoms with Gasteiger partial charge in [-0.25, -0.2) is 0 Å². The van der Waals surface area contributed by atoms with Crippen LogP contribution in [0.4, 0.5) is 0 Å². The summed E-state index contributed by atoms with van der Waals surface area (Å²) in [6, 6.07) is 3.69. The first-order chi connectivity index (χ1) is 7.68. The van der Waals surface area contributed by atoms with Crippen LogP contribution >= 0.6 is 0 Å². The van der Waals surface area contributed by atoms with Crippen molar-refractivity contribution in [3.8, 4) is 0 Å². The summed E-state index contributed by atoms with van der Waals surface area (Å²) in [4.78, 5) is 18.3. The summed E-state index contributed by atoms with van der Waals surface area (Å²) in [5.41, 5.74) is 1.57. The largest absolute Gasteiger partial charge is 0.339 e. The number of aryl methyl sites for hydroxylation is 1. The molecule has 1 aromatic rings. The van der Waals surface area contributed by atoms with Crippen LogP contribution in [0.2, 0.25) is 0 Å². The Hall–Kier alpha value is -1.38. The smallest absolute Gasteiger partial charge is 0.255 e. The molecule has 0 saturated carbocycles. The number of pyridine rings is 1. The summed E-state index contributed by atoms with van der Waals surface area (Å²) in [6.07, 6.45) is 3.96. The predicted octanol–water partition coefficient (Wildman–Crippen LogP) is 2.26. The highest BCUT2D eigenvalue weighted by molar-refractivity contribution is 5.95. The molecule has 0 spiro atoms. The molecule has 0 bridgehead atoms. The Balaban J connectivity index is 2.11. The van der Waals surface area contributed by atoms with Gasteiger partial charge in [0.1, 0.15) is 0 Å². The van der Waals surface area contributed by atoms with E-state index in [1.807, 2.05) is 24.0 Å². The van der Waals surface area contributed by atoms with Crippen molar-refractivity contribution in [2.75, 3.05) is 13.1 Å². The van der Waals surface area contributed by atoms with Gasteiger partial charge in [-0.05, 0) is 37.8 Å². The number of aromatic nitrogens is 1. The van der Waals surface area contributed by atoms with E-state index in [4.69, 9.17) is 0 Å². The van der Waals surface area contributed by atoms with Crippen molar-refractivity contribution in [2.45, 2.75) is 26.7 Å². The maximum atomic E-state index is 12.2. The lowest BCUT2D eigenvalue weighted by atomic mass is 9.98. The zero-order valence-corrected chi connectivity index (χ0v) is 9.94. The van der Waals surface area contributed by atoms with E-state index < -0.39 is 0 Å². The number of amides is 1. The van der Waals surface area contributed by atoms with Crippen LogP contribution in [0.3, 0.4) is 0 Å². The quantitative estimate of drug-likeness (QED) is 0.724. The van der Waals surface area contributed by atoms with Crippen molar-refractivity contribution < 1.29 is 4.79 Å². The van der Waals surface area contributed by atoms with Crippen LogP contribution in [0.1, 0.15) is 35.8 Å². The molecule has 3 heteroatoms. The highest BCUT2D eigenvalue weighted by atomic mass is 16.2. The van der Waals surface area contributed by atoms with Gasteiger partial charge in [-0.2, -0.15) is 0 Å². The second kappa shape index (κ2) is 4.64. The van der Waals surface area contributed by atoms with Gasteiger partial charge in [-0.15, -0.1) is 0 Å². The van der Waals surface area contributed by atoms with Gasteiger partial charge in [-0.1, -0.05) is 6.92 Å². The molecule has 2 rings (SSSR count). The van der Waals surface area contributed by atoms with Crippen LogP contribution in [0, 0.1) is 12.8 Å². The topological polar surface area (TPSA) is 33.2 Å². The second-order valence-corrected chi connectivity index (χ2v) is 4.61. The number of hydrogen-bond donors (Lipinski definition) is 0. The summed E-state index contributed by atoms with van der Waals surface area (Å²) < 4.78 is 0. The second-order valence-electron chi connectivity index (χ2n) is 4.61. The SMILES string of the molecule is Cc1ncccc1C(=O)N1CCC(C)CC1. The Labute approximate surface area is 96.5 Å². The van der Waals surface area contributed by atoms with Gasteiger partial charge in [0, 0.05) is 25.0 Å². The molecule has 1 saturated heterocycles. The third kappa shape index (κ3) is 2.23. The highest BCUT2D eigenvalue weighted by Gasteiger charge is 2.22. The number of piperidine rings is 1. The minimum absolute atomic E-state index is 0.137. The minimum Gasteiger partial charge on any atom is -0.339 e. The van der Waals surface area contributed by atoms with E-state index in [9.17, 15) is 4.79 Å². The van der Waals surface area contributed by atoms with Crippen molar-refractivity contribution >= 4 is 5.91 Å². The molecule has 0 unspecified atom stereocenters. The lowest BCUT2D eigenvalue weighted by Crippen LogP contribution is -2.38. The van der Waals surface area contributed by atoms with Crippen molar-refractivity contribution in [1.29, 1.82) is 0 Å². The van der Waals surface area contributed by atoms with Crippen LogP contribution in [0.5, 0.6) is 0 Å². The molecule has 0 aliphatic carbocycles. The third-order valence-electron chi connectivity index (χ3n) is 3.31. The van der Waals surface area contributed by atoms with Crippen molar-refractivity contribution in [3.63, 3.8) is 0 Å². The number of rotatable bonds is 1. The van der Waals surface area contributed by atoms with E-state index in [1.54, 1.807) is 6.20 Å². The Kier molecular flexibility index (Phi) is 3.22. The molecule has 0 aromatic carbocycles. The van der Waals surface area contributed by atoms with Crippen LogP contribution in [0.25, 0.3) is 0 Å². The Morgan fingerprint density at radius 1 is 1.44 bits per heavy atom. The molecule has 0 atom stereocenters. The highest BCUT2D eigenvalue weighted by Crippen LogP contribution is 2.18. The summed E-state index contributed by atoms with van der Waals surface area (Å²) in [6.45, 7) is 5.90. The maximum absolute atomic E-state index is 12.2. The molecular weight excluding hydrogens is 200 g/mol. The van der Waals surface area contributed by atoms with Crippen molar-refractivity contribution in [3.05, 3.63) is 29.6 Å². The van der Waals surface area contributed by atoms with Gasteiger partial charge in [0.05, 0.1) is 5.56 Å². The minimum atomic E-state index is 0.137. The normalized spacial score (nSPS) is 17.5. The first-order valence-electron chi connectivity index (χ1n) is 5.89. The standard InChI is InChI=1S/C13H18N2O/c1-10-5-8-15(9-6-10)13(16)12-4-3-7-14-11(12)2/h3-4,7,10H,5-6,8-9H2,1-2H3. The van der Waals surface area contributed by atoms with E-state index in [2.05, 4.69) is 11.9 Å². The third-order valence-corrected chi connectivity index (χ3v) is 3.31. The summed E-state index contributed by atoms with van der Waals surface area (Å²) in [5.74, 6) is 0.886. The average molecular weight is 218 g/mol. The molecule has 1 aliphatic rings. The van der Waals surface area contributed by atoms with Crippen LogP contribution < -0.4 is 0 Å². The lowest BCUT2D eigenvalue weighted by Gasteiger charge is -2.30. The number of carbonyl (C=O) groups excluding carboxylic acids is 1. The van der Waals surface area contributed by atoms with Crippen LogP contribution in [-0.4, -0.2) is 28.9 Å². The van der Waals surface area contributed by atoms with Crippen molar-refractivity contribution in [1.82, 2.24) is 9.88 Å². The fraction of sp³-hybridized carbons (Fsp3) is 0.538. The molecular formula is C13H18N2O. The molecule has 2 heterocycles. The fourth-order valence-corrected chi connectivity index (χ4v) is 2.09. The lowest BCUT2D eigenvalue weighted by molar-refractivity contribution is 0.0696. The summed E-state index contributed by atoms with van der Waals surface area (Å²) >= 11 is 0. The number of hydrogen-bond acceptors (Lipinski definition) is 2. The monoisotopic (exact) mass is 218 g/mol. The van der Waals surface area contributed by atoms with Gasteiger partial charge in [0.2, 0.25) is 0 Å². The Morgan fingerprint density at radius 2 is 2.12 bits per heavy atom. The number of nitrogens with zero attached hydrogens (tertiary/aromatic N) is 2. The first-order valence-corrected chi connectivity index (χ1v) is 5.89. The zero-order chi connectivity index (χ0) is 11.5. The van der Waals surface area contributed by atoms with E-state index in [-0.39, 0.29) is 5.91 Å². The predicted molar refractivity (Wildman–Crippen MR) is 63.3 cm³/mol. The fourth-order valence-electron chi connectivity index (χ4n) is 2.09. The van der Waals surface area contributed by atoms with Gasteiger partial charge < -0.3 is 4.90 Å². The zero-order valence-electron chi connectivity index (χ0n) is 9.94. The Morgan fingerprint density at radius 3 is 2.75 bits per heavy atom. The molecule has 1 aliphatic heterocycles. The number of carbonyl (C=O) groups is 1. The van der Waals surface area contributed by atoms with Crippen LogP contribution in [-0.2, 0) is 0 Å². The van der Waals surface area contributed by atoms with Crippen molar-refractivity contribution in [2.24, 2.45) is 5.92 Å². The molecule has 3 nitrogen and oxygen atoms in total. The Bertz CT molecular complexity index is 381. The van der Waals surface area contributed by atoms with Gasteiger partial charge in [0.25, 0.3) is 5.91 Å². The van der Waals surface area contributed by atoms with Gasteiger partial charge in [-0.3, -0.25) is 9.78 Å². The molecule has 1 aromatic heterocycles. The molecule has 1 amide bonds. The average Bonchev–Trinajstić information content (AvgIpc) is 2.30. The molecule has 0 radical (unpaired) electrons. The number of likely N-dealkylation sites (tertiary alicyclic amines) is 1. The maximum Gasteiger partial charge on any atom is 0.255 e. The molecule has 1 fully saturated rings.